The zero-order chi connectivity index (χ0) is 8.27. The van der Waals surface area contributed by atoms with Crippen LogP contribution in [0.25, 0.3) is 0 Å². The van der Waals surface area contributed by atoms with Crippen molar-refractivity contribution in [1.82, 2.24) is 4.90 Å². The molecule has 0 aromatic rings. The van der Waals surface area contributed by atoms with Gasteiger partial charge in [-0.1, -0.05) is 5.16 Å². The average Bonchev–Trinajstić information content (AvgIpc) is 2.81. The number of hydrogen-bond donors (Lipinski definition) is 2. The van der Waals surface area contributed by atoms with Crippen molar-refractivity contribution in [2.45, 2.75) is 25.3 Å². The van der Waals surface area contributed by atoms with Gasteiger partial charge in [0.2, 0.25) is 0 Å². The first-order chi connectivity index (χ1) is 5.24. The minimum Gasteiger partial charge on any atom is -0.409 e. The van der Waals surface area contributed by atoms with Gasteiger partial charge < -0.3 is 15.8 Å². The molecular weight excluding hydrogens is 142 g/mol. The second kappa shape index (κ2) is 3.57. The molecule has 0 atom stereocenters. The van der Waals surface area contributed by atoms with Crippen molar-refractivity contribution in [3.05, 3.63) is 0 Å². The lowest BCUT2D eigenvalue weighted by molar-refractivity contribution is 0.309. The zero-order valence-corrected chi connectivity index (χ0v) is 6.82. The Bertz CT molecular complexity index is 154. The third-order valence-electron chi connectivity index (χ3n) is 2.02. The van der Waals surface area contributed by atoms with E-state index >= 15 is 0 Å². The summed E-state index contributed by atoms with van der Waals surface area (Å²) in [6.07, 6.45) is 3.25. The molecule has 1 aliphatic carbocycles. The van der Waals surface area contributed by atoms with E-state index < -0.39 is 0 Å². The molecular formula is C7H15N3O. The Morgan fingerprint density at radius 2 is 2.36 bits per heavy atom. The van der Waals surface area contributed by atoms with E-state index in [0.717, 1.165) is 12.6 Å². The molecule has 1 fully saturated rings. The molecule has 0 amide bonds. The van der Waals surface area contributed by atoms with Gasteiger partial charge in [0, 0.05) is 19.0 Å². The number of amidine groups is 1. The fraction of sp³-hybridized carbons (Fsp3) is 0.857. The van der Waals surface area contributed by atoms with Gasteiger partial charge >= 0.3 is 0 Å². The summed E-state index contributed by atoms with van der Waals surface area (Å²) in [6.45, 7) is 0.889. The molecule has 0 saturated heterocycles. The van der Waals surface area contributed by atoms with Gasteiger partial charge in [0.15, 0.2) is 0 Å². The smallest absolute Gasteiger partial charge is 0.140 e. The van der Waals surface area contributed by atoms with Crippen LogP contribution >= 0.6 is 0 Å². The van der Waals surface area contributed by atoms with Crippen LogP contribution in [0, 0.1) is 0 Å². The maximum Gasteiger partial charge on any atom is 0.140 e. The first kappa shape index (κ1) is 8.33. The van der Waals surface area contributed by atoms with Crippen LogP contribution in [0.2, 0.25) is 0 Å². The Morgan fingerprint density at radius 3 is 2.82 bits per heavy atom. The van der Waals surface area contributed by atoms with Crippen LogP contribution in [0.1, 0.15) is 19.3 Å². The highest BCUT2D eigenvalue weighted by Crippen LogP contribution is 2.24. The number of hydrogen-bond acceptors (Lipinski definition) is 3. The Balaban J connectivity index is 2.10. The van der Waals surface area contributed by atoms with Crippen molar-refractivity contribution < 1.29 is 5.21 Å². The molecule has 4 nitrogen and oxygen atoms in total. The van der Waals surface area contributed by atoms with Gasteiger partial charge in [-0.2, -0.15) is 0 Å². The maximum absolute atomic E-state index is 8.25. The lowest BCUT2D eigenvalue weighted by atomic mass is 10.3. The molecule has 0 radical (unpaired) electrons. The third kappa shape index (κ3) is 2.76. The maximum atomic E-state index is 8.25. The summed E-state index contributed by atoms with van der Waals surface area (Å²) >= 11 is 0. The second-order valence-electron chi connectivity index (χ2n) is 3.05. The number of nitrogens with zero attached hydrogens (tertiary/aromatic N) is 2. The summed E-state index contributed by atoms with van der Waals surface area (Å²) in [4.78, 5) is 2.25. The van der Waals surface area contributed by atoms with Crippen molar-refractivity contribution in [3.8, 4) is 0 Å². The van der Waals surface area contributed by atoms with Gasteiger partial charge in [-0.15, -0.1) is 0 Å². The Labute approximate surface area is 66.7 Å². The van der Waals surface area contributed by atoms with Crippen LogP contribution < -0.4 is 5.73 Å². The van der Waals surface area contributed by atoms with Crippen LogP contribution in [0.15, 0.2) is 5.16 Å². The molecule has 0 bridgehead atoms. The lowest BCUT2D eigenvalue weighted by Gasteiger charge is -2.13. The van der Waals surface area contributed by atoms with Crippen LogP contribution in [0.5, 0.6) is 0 Å². The van der Waals surface area contributed by atoms with E-state index in [4.69, 9.17) is 10.9 Å². The van der Waals surface area contributed by atoms with Crippen molar-refractivity contribution in [2.24, 2.45) is 10.9 Å². The number of nitrogens with two attached hydrogens (primary N) is 1. The third-order valence-corrected chi connectivity index (χ3v) is 2.02. The quantitative estimate of drug-likeness (QED) is 0.265. The van der Waals surface area contributed by atoms with E-state index in [9.17, 15) is 0 Å². The summed E-state index contributed by atoms with van der Waals surface area (Å²) in [7, 11) is 2.07. The predicted molar refractivity (Wildman–Crippen MR) is 43.7 cm³/mol. The average molecular weight is 157 g/mol. The first-order valence-corrected chi connectivity index (χ1v) is 3.90. The van der Waals surface area contributed by atoms with Gasteiger partial charge in [-0.3, -0.25) is 0 Å². The summed E-state index contributed by atoms with van der Waals surface area (Å²) in [5, 5.41) is 11.2. The van der Waals surface area contributed by atoms with Crippen molar-refractivity contribution in [3.63, 3.8) is 0 Å². The lowest BCUT2D eigenvalue weighted by Crippen LogP contribution is -2.26. The molecule has 11 heavy (non-hydrogen) atoms. The summed E-state index contributed by atoms with van der Waals surface area (Å²) in [6, 6.07) is 0.751. The Morgan fingerprint density at radius 1 is 1.73 bits per heavy atom. The molecule has 0 aromatic heterocycles. The molecule has 0 aromatic carbocycles. The fourth-order valence-corrected chi connectivity index (χ4v) is 1.04. The molecule has 0 aliphatic heterocycles. The van der Waals surface area contributed by atoms with Gasteiger partial charge in [0.1, 0.15) is 5.84 Å². The predicted octanol–water partition coefficient (Wildman–Crippen LogP) is 0.217. The molecule has 4 heteroatoms. The number of rotatable bonds is 4. The normalized spacial score (nSPS) is 19.3. The van der Waals surface area contributed by atoms with E-state index in [1.807, 2.05) is 0 Å². The van der Waals surface area contributed by atoms with E-state index in [2.05, 4.69) is 17.1 Å². The van der Waals surface area contributed by atoms with Crippen molar-refractivity contribution in [2.75, 3.05) is 13.6 Å². The summed E-state index contributed by atoms with van der Waals surface area (Å²) < 4.78 is 0. The second-order valence-corrected chi connectivity index (χ2v) is 3.05. The molecule has 64 valence electrons. The van der Waals surface area contributed by atoms with Crippen molar-refractivity contribution in [1.29, 1.82) is 0 Å². The molecule has 0 heterocycles. The topological polar surface area (TPSA) is 61.8 Å². The van der Waals surface area contributed by atoms with Gasteiger partial charge in [0.05, 0.1) is 0 Å². The molecule has 0 unspecified atom stereocenters. The van der Waals surface area contributed by atoms with E-state index in [1.165, 1.54) is 12.8 Å². The highest BCUT2D eigenvalue weighted by Gasteiger charge is 2.25. The highest BCUT2D eigenvalue weighted by atomic mass is 16.4. The number of oxime groups is 1. The van der Waals surface area contributed by atoms with Crippen LogP contribution in [-0.4, -0.2) is 35.6 Å². The van der Waals surface area contributed by atoms with E-state index in [0.29, 0.717) is 12.3 Å². The van der Waals surface area contributed by atoms with Crippen LogP contribution in [0.3, 0.4) is 0 Å². The minimum atomic E-state index is 0.317. The Hall–Kier alpha value is -0.770. The van der Waals surface area contributed by atoms with Gasteiger partial charge in [0.25, 0.3) is 0 Å². The van der Waals surface area contributed by atoms with E-state index in [-0.39, 0.29) is 0 Å². The monoisotopic (exact) mass is 157 g/mol. The van der Waals surface area contributed by atoms with Crippen LogP contribution in [-0.2, 0) is 0 Å². The summed E-state index contributed by atoms with van der Waals surface area (Å²) in [5.74, 6) is 0.317. The molecule has 1 rings (SSSR count). The van der Waals surface area contributed by atoms with Crippen LogP contribution in [0.4, 0.5) is 0 Å². The van der Waals surface area contributed by atoms with Gasteiger partial charge in [-0.05, 0) is 19.9 Å². The molecule has 1 saturated carbocycles. The summed E-state index contributed by atoms with van der Waals surface area (Å²) in [5.41, 5.74) is 5.32. The zero-order valence-electron chi connectivity index (χ0n) is 6.82. The highest BCUT2D eigenvalue weighted by molar-refractivity contribution is 5.79. The standard InChI is InChI=1S/C7H15N3O/c1-10(6-2-3-6)5-4-7(8)9-11/h6,11H,2-5H2,1H3,(H2,8,9). The fourth-order valence-electron chi connectivity index (χ4n) is 1.04. The largest absolute Gasteiger partial charge is 0.409 e. The minimum absolute atomic E-state index is 0.317. The van der Waals surface area contributed by atoms with Crippen molar-refractivity contribution >= 4 is 5.84 Å². The molecule has 3 N–H and O–H groups in total. The SMILES string of the molecule is CN(CC/C(N)=N/O)C1CC1. The van der Waals surface area contributed by atoms with E-state index in [1.54, 1.807) is 0 Å². The Kier molecular flexibility index (Phi) is 2.70. The molecule has 0 spiro atoms. The van der Waals surface area contributed by atoms with Gasteiger partial charge in [-0.25, -0.2) is 0 Å². The molecule has 1 aliphatic rings. The first-order valence-electron chi connectivity index (χ1n) is 3.90.